The van der Waals surface area contributed by atoms with Crippen molar-refractivity contribution in [3.8, 4) is 0 Å². The fourth-order valence-electron chi connectivity index (χ4n) is 4.42. The summed E-state index contributed by atoms with van der Waals surface area (Å²) in [6, 6.07) is 22.1. The largest absolute Gasteiger partial charge is 0.465 e. The zero-order chi connectivity index (χ0) is 22.7. The fourth-order valence-corrected chi connectivity index (χ4v) is 4.42. The maximum Gasteiger partial charge on any atom is 0.309 e. The van der Waals surface area contributed by atoms with Gasteiger partial charge in [0, 0.05) is 17.5 Å². The third-order valence-corrected chi connectivity index (χ3v) is 6.36. The van der Waals surface area contributed by atoms with Crippen molar-refractivity contribution in [2.45, 2.75) is 39.0 Å². The zero-order valence-electron chi connectivity index (χ0n) is 18.4. The number of esters is 1. The number of carbonyl (C=O) groups is 1. The molecular formula is C27H27NO4. The molecule has 2 unspecified atom stereocenters. The van der Waals surface area contributed by atoms with Crippen LogP contribution in [0.2, 0.25) is 0 Å². The van der Waals surface area contributed by atoms with E-state index in [4.69, 9.17) is 4.74 Å². The zero-order valence-corrected chi connectivity index (χ0v) is 18.4. The van der Waals surface area contributed by atoms with Crippen molar-refractivity contribution in [3.05, 3.63) is 110 Å². The lowest BCUT2D eigenvalue weighted by atomic mass is 9.83. The van der Waals surface area contributed by atoms with Crippen molar-refractivity contribution >= 4 is 11.7 Å². The van der Waals surface area contributed by atoms with Gasteiger partial charge in [-0.25, -0.2) is 0 Å². The van der Waals surface area contributed by atoms with Gasteiger partial charge >= 0.3 is 5.97 Å². The van der Waals surface area contributed by atoms with Crippen molar-refractivity contribution in [2.75, 3.05) is 6.61 Å². The average Bonchev–Trinajstić information content (AvgIpc) is 2.78. The molecule has 2 atom stereocenters. The Hall–Kier alpha value is -3.47. The van der Waals surface area contributed by atoms with Gasteiger partial charge in [-0.2, -0.15) is 0 Å². The second-order valence-corrected chi connectivity index (χ2v) is 8.69. The molecule has 0 amide bonds. The lowest BCUT2D eigenvalue weighted by Gasteiger charge is -2.29. The molecule has 4 rings (SSSR count). The number of nitrogens with zero attached hydrogens (tertiary/aromatic N) is 1. The Bertz CT molecular complexity index is 1140. The van der Waals surface area contributed by atoms with E-state index in [2.05, 4.69) is 49.4 Å². The minimum absolute atomic E-state index is 0.0901. The summed E-state index contributed by atoms with van der Waals surface area (Å²) in [6.07, 6.45) is 1.98. The minimum atomic E-state index is -0.374. The highest BCUT2D eigenvalue weighted by molar-refractivity contribution is 5.74. The first-order chi connectivity index (χ1) is 15.4. The molecule has 1 aliphatic rings. The molecule has 3 aromatic rings. The van der Waals surface area contributed by atoms with Crippen LogP contribution in [0.5, 0.6) is 0 Å². The van der Waals surface area contributed by atoms with E-state index < -0.39 is 0 Å². The molecule has 5 nitrogen and oxygen atoms in total. The van der Waals surface area contributed by atoms with E-state index >= 15 is 0 Å². The van der Waals surface area contributed by atoms with Crippen LogP contribution >= 0.6 is 0 Å². The third-order valence-electron chi connectivity index (χ3n) is 6.36. The molecule has 1 fully saturated rings. The maximum absolute atomic E-state index is 12.5. The number of hydrogen-bond acceptors (Lipinski definition) is 4. The number of aryl methyl sites for hydroxylation is 2. The molecule has 1 aliphatic heterocycles. The van der Waals surface area contributed by atoms with E-state index in [0.717, 1.165) is 12.0 Å². The molecule has 0 radical (unpaired) electrons. The van der Waals surface area contributed by atoms with Crippen LogP contribution in [0.25, 0.3) is 0 Å². The van der Waals surface area contributed by atoms with Gasteiger partial charge in [-0.15, -0.1) is 0 Å². The van der Waals surface area contributed by atoms with Crippen LogP contribution in [0.15, 0.2) is 66.7 Å². The smallest absolute Gasteiger partial charge is 0.309 e. The number of ether oxygens (including phenoxy) is 1. The van der Waals surface area contributed by atoms with Crippen LogP contribution in [-0.4, -0.2) is 17.5 Å². The highest BCUT2D eigenvalue weighted by Gasteiger charge is 2.32. The molecule has 0 spiro atoms. The predicted octanol–water partition coefficient (Wildman–Crippen LogP) is 5.69. The lowest BCUT2D eigenvalue weighted by molar-refractivity contribution is -0.385. The topological polar surface area (TPSA) is 69.4 Å². The Morgan fingerprint density at radius 3 is 2.47 bits per heavy atom. The molecule has 0 aliphatic carbocycles. The van der Waals surface area contributed by atoms with E-state index in [1.807, 2.05) is 12.1 Å². The third kappa shape index (κ3) is 4.88. The van der Waals surface area contributed by atoms with Gasteiger partial charge in [0.1, 0.15) is 0 Å². The number of nitro benzene ring substituents is 1. The van der Waals surface area contributed by atoms with Gasteiger partial charge in [0.15, 0.2) is 0 Å². The van der Waals surface area contributed by atoms with Crippen LogP contribution < -0.4 is 0 Å². The second-order valence-electron chi connectivity index (χ2n) is 8.69. The molecule has 164 valence electrons. The quantitative estimate of drug-likeness (QED) is 0.287. The first kappa shape index (κ1) is 21.8. The highest BCUT2D eigenvalue weighted by Crippen LogP contribution is 2.33. The van der Waals surface area contributed by atoms with Gasteiger partial charge in [-0.05, 0) is 60.9 Å². The number of carbonyl (C=O) groups excluding carboxylic acids is 1. The molecule has 0 aromatic heterocycles. The van der Waals surface area contributed by atoms with Crippen molar-refractivity contribution in [2.24, 2.45) is 5.92 Å². The van der Waals surface area contributed by atoms with E-state index in [0.29, 0.717) is 25.0 Å². The molecule has 0 N–H and O–H groups in total. The summed E-state index contributed by atoms with van der Waals surface area (Å²) < 4.78 is 5.55. The molecule has 32 heavy (non-hydrogen) atoms. The number of cyclic esters (lactones) is 1. The van der Waals surface area contributed by atoms with Gasteiger partial charge < -0.3 is 4.74 Å². The number of nitro groups is 1. The first-order valence-electron chi connectivity index (χ1n) is 10.9. The van der Waals surface area contributed by atoms with Gasteiger partial charge in [-0.1, -0.05) is 60.7 Å². The van der Waals surface area contributed by atoms with Gasteiger partial charge in [0.25, 0.3) is 5.69 Å². The van der Waals surface area contributed by atoms with Crippen molar-refractivity contribution in [3.63, 3.8) is 0 Å². The normalized spacial score (nSPS) is 18.2. The van der Waals surface area contributed by atoms with Gasteiger partial charge in [0.2, 0.25) is 0 Å². The van der Waals surface area contributed by atoms with Crippen molar-refractivity contribution in [1.82, 2.24) is 0 Å². The molecule has 1 saturated heterocycles. The molecule has 0 saturated carbocycles. The molecular weight excluding hydrogens is 402 g/mol. The molecule has 0 bridgehead atoms. The standard InChI is InChI=1S/C27H27NO4/c1-18-9-11-22(15-23(18)12-20-6-4-3-5-7-20)25-16-24(27(29)32-17-25)13-21-10-8-19(2)26(14-21)28(30)31/h3-11,14-15,24-25H,12-13,16-17H2,1-2H3. The van der Waals surface area contributed by atoms with Crippen molar-refractivity contribution in [1.29, 1.82) is 0 Å². The summed E-state index contributed by atoms with van der Waals surface area (Å²) in [7, 11) is 0. The molecule has 3 aromatic carbocycles. The Balaban J connectivity index is 1.52. The van der Waals surface area contributed by atoms with E-state index in [9.17, 15) is 14.9 Å². The van der Waals surface area contributed by atoms with E-state index in [-0.39, 0.29) is 28.4 Å². The van der Waals surface area contributed by atoms with Crippen LogP contribution in [0.1, 0.15) is 45.7 Å². The summed E-state index contributed by atoms with van der Waals surface area (Å²) in [4.78, 5) is 23.4. The van der Waals surface area contributed by atoms with Crippen LogP contribution in [0.4, 0.5) is 5.69 Å². The first-order valence-corrected chi connectivity index (χ1v) is 10.9. The highest BCUT2D eigenvalue weighted by atomic mass is 16.6. The average molecular weight is 430 g/mol. The number of rotatable bonds is 6. The van der Waals surface area contributed by atoms with Crippen LogP contribution in [0.3, 0.4) is 0 Å². The Kier molecular flexibility index (Phi) is 6.35. The van der Waals surface area contributed by atoms with Crippen molar-refractivity contribution < 1.29 is 14.5 Å². The van der Waals surface area contributed by atoms with E-state index in [1.54, 1.807) is 19.1 Å². The Morgan fingerprint density at radius 1 is 0.969 bits per heavy atom. The molecule has 1 heterocycles. The predicted molar refractivity (Wildman–Crippen MR) is 124 cm³/mol. The monoisotopic (exact) mass is 429 g/mol. The van der Waals surface area contributed by atoms with Gasteiger partial charge in [0.05, 0.1) is 17.4 Å². The fraction of sp³-hybridized carbons (Fsp3) is 0.296. The summed E-state index contributed by atoms with van der Waals surface area (Å²) in [5.74, 6) is -0.413. The summed E-state index contributed by atoms with van der Waals surface area (Å²) in [5.41, 5.74) is 6.46. The van der Waals surface area contributed by atoms with E-state index in [1.165, 1.54) is 22.3 Å². The summed E-state index contributed by atoms with van der Waals surface area (Å²) in [6.45, 7) is 4.21. The Morgan fingerprint density at radius 2 is 1.72 bits per heavy atom. The minimum Gasteiger partial charge on any atom is -0.465 e. The second kappa shape index (κ2) is 9.35. The Labute approximate surface area is 188 Å². The van der Waals surface area contributed by atoms with Gasteiger partial charge in [-0.3, -0.25) is 14.9 Å². The molecule has 5 heteroatoms. The summed E-state index contributed by atoms with van der Waals surface area (Å²) >= 11 is 0. The lowest BCUT2D eigenvalue weighted by Crippen LogP contribution is -2.31. The van der Waals surface area contributed by atoms with Crippen LogP contribution in [-0.2, 0) is 22.4 Å². The number of hydrogen-bond donors (Lipinski definition) is 0. The summed E-state index contributed by atoms with van der Waals surface area (Å²) in [5, 5.41) is 11.3. The SMILES string of the molecule is Cc1ccc(C2COC(=O)C(Cc3ccc(C)c([N+](=O)[O-])c3)C2)cc1Cc1ccccc1. The maximum atomic E-state index is 12.5. The number of benzene rings is 3. The van der Waals surface area contributed by atoms with Crippen LogP contribution in [0, 0.1) is 29.9 Å².